The van der Waals surface area contributed by atoms with Crippen LogP contribution in [-0.2, 0) is 10.8 Å². The van der Waals surface area contributed by atoms with Gasteiger partial charge in [0, 0.05) is 44.1 Å². The van der Waals surface area contributed by atoms with Crippen molar-refractivity contribution in [2.24, 2.45) is 0 Å². The summed E-state index contributed by atoms with van der Waals surface area (Å²) in [5.41, 5.74) is 16.6. The molecule has 2 aliphatic heterocycles. The molecule has 294 valence electrons. The highest BCUT2D eigenvalue weighted by molar-refractivity contribution is 6.95. The van der Waals surface area contributed by atoms with Gasteiger partial charge in [-0.2, -0.15) is 0 Å². The molecule has 0 saturated heterocycles. The Morgan fingerprint density at radius 1 is 0.475 bits per heavy atom. The van der Waals surface area contributed by atoms with Crippen LogP contribution in [0.4, 0.5) is 28.6 Å². The van der Waals surface area contributed by atoms with Crippen LogP contribution in [0.25, 0.3) is 65.9 Å². The van der Waals surface area contributed by atoms with Crippen LogP contribution in [0.1, 0.15) is 52.7 Å². The van der Waals surface area contributed by atoms with Crippen LogP contribution in [0.3, 0.4) is 0 Å². The summed E-state index contributed by atoms with van der Waals surface area (Å²) in [4.78, 5) is 4.99. The number of benzene rings is 8. The summed E-state index contributed by atoms with van der Waals surface area (Å²) < 4.78 is 14.3. The smallest absolute Gasteiger partial charge is 0.337 e. The van der Waals surface area contributed by atoms with Crippen molar-refractivity contribution in [1.29, 1.82) is 0 Å². The van der Waals surface area contributed by atoms with E-state index < -0.39 is 0 Å². The van der Waals surface area contributed by atoms with Crippen LogP contribution in [0.15, 0.2) is 173 Å². The van der Waals surface area contributed by atoms with Gasteiger partial charge in [0.1, 0.15) is 11.2 Å². The minimum absolute atomic E-state index is 0.00128. The first-order valence-corrected chi connectivity index (χ1v) is 21.5. The average molecular weight is 789 g/mol. The highest BCUT2D eigenvalue weighted by Gasteiger charge is 2.49. The molecule has 0 aliphatic carbocycles. The Morgan fingerprint density at radius 2 is 1.11 bits per heavy atom. The fraction of sp³-hybridized carbons (Fsp3) is 0.143. The molecule has 8 aromatic carbocycles. The molecule has 0 bridgehead atoms. The van der Waals surface area contributed by atoms with E-state index in [0.29, 0.717) is 0 Å². The lowest BCUT2D eigenvalue weighted by molar-refractivity contribution is 0.590. The third kappa shape index (κ3) is 5.26. The molecule has 0 spiro atoms. The number of fused-ring (bicyclic) bond motifs is 12. The highest BCUT2D eigenvalue weighted by Crippen LogP contribution is 2.54. The Hall–Kier alpha value is -6.98. The predicted octanol–water partition coefficient (Wildman–Crippen LogP) is 14.5. The number of anilines is 5. The van der Waals surface area contributed by atoms with Gasteiger partial charge in [0.25, 0.3) is 0 Å². The number of nitrogens with zero attached hydrogens (tertiary/aromatic N) is 2. The first-order valence-electron chi connectivity index (χ1n) is 21.5. The van der Waals surface area contributed by atoms with Gasteiger partial charge in [0.05, 0.1) is 11.4 Å². The Labute approximate surface area is 356 Å². The Morgan fingerprint density at radius 3 is 1.85 bits per heavy atom. The van der Waals surface area contributed by atoms with Gasteiger partial charge in [-0.15, -0.1) is 0 Å². The second-order valence-corrected chi connectivity index (χ2v) is 18.9. The molecule has 0 amide bonds. The lowest BCUT2D eigenvalue weighted by Crippen LogP contribution is -2.61. The van der Waals surface area contributed by atoms with Crippen LogP contribution < -0.4 is 20.6 Å². The molecule has 10 aromatic rings. The van der Waals surface area contributed by atoms with Gasteiger partial charge in [0.2, 0.25) is 5.88 Å². The van der Waals surface area contributed by atoms with Crippen molar-refractivity contribution in [3.63, 3.8) is 0 Å². The summed E-state index contributed by atoms with van der Waals surface area (Å²) in [6, 6.07) is 60.0. The van der Waals surface area contributed by atoms with E-state index >= 15 is 0 Å². The van der Waals surface area contributed by atoms with E-state index in [2.05, 4.69) is 215 Å². The van der Waals surface area contributed by atoms with E-state index in [1.54, 1.807) is 0 Å². The van der Waals surface area contributed by atoms with Gasteiger partial charge in [-0.3, -0.25) is 4.90 Å². The van der Waals surface area contributed by atoms with Crippen molar-refractivity contribution in [2.45, 2.75) is 52.4 Å². The number of para-hydroxylation sites is 2. The maximum Gasteiger partial charge on any atom is 0.337 e. The summed E-state index contributed by atoms with van der Waals surface area (Å²) in [5.74, 6) is 0.831. The quantitative estimate of drug-likeness (QED) is 0.167. The lowest BCUT2D eigenvalue weighted by Gasteiger charge is -2.44. The van der Waals surface area contributed by atoms with Crippen molar-refractivity contribution < 1.29 is 8.83 Å². The summed E-state index contributed by atoms with van der Waals surface area (Å²) >= 11 is 0. The minimum atomic E-state index is -0.259. The molecule has 61 heavy (non-hydrogen) atoms. The van der Waals surface area contributed by atoms with Crippen LogP contribution in [0.5, 0.6) is 0 Å². The van der Waals surface area contributed by atoms with E-state index in [1.807, 2.05) is 0 Å². The molecule has 0 radical (unpaired) electrons. The zero-order valence-corrected chi connectivity index (χ0v) is 35.4. The van der Waals surface area contributed by atoms with Gasteiger partial charge in [-0.25, -0.2) is 0 Å². The maximum atomic E-state index is 7.26. The van der Waals surface area contributed by atoms with Crippen molar-refractivity contribution in [3.05, 3.63) is 175 Å². The molecular formula is C56H45BN2O2. The first kappa shape index (κ1) is 35.9. The molecule has 4 nitrogen and oxygen atoms in total. The van der Waals surface area contributed by atoms with Gasteiger partial charge in [-0.1, -0.05) is 157 Å². The molecule has 12 rings (SSSR count). The standard InChI is InChI=1S/C56H45BN2O2/c1-55(2,3)36-24-27-38(28-25-36)59-52-43(30-29-41-40-20-12-14-22-47(40)60-53(41)52)49-39-19-11-10-18-35(39)32-46-51(49)57(59)50-42-21-13-15-23-48(42)61-54(50)58(46)45-31-26-37(56(4,5)6)33-44(45)34-16-8-7-9-17-34/h7-33H,1-6H3. The zero-order valence-electron chi connectivity index (χ0n) is 35.4. The van der Waals surface area contributed by atoms with Gasteiger partial charge in [0.15, 0.2) is 5.58 Å². The topological polar surface area (TPSA) is 32.8 Å². The number of hydrogen-bond donors (Lipinski definition) is 0. The SMILES string of the molecule is CC(C)(C)c1ccc(N2B3c4c(cc5ccccc5c4-c4ccc5c(oc6ccccc65)c42)N(c2ccc(C(C)(C)C)cc2-c2ccccc2)c2oc4ccccc4c23)cc1. The molecule has 2 aromatic heterocycles. The number of hydrogen-bond acceptors (Lipinski definition) is 4. The van der Waals surface area contributed by atoms with E-state index in [0.717, 1.165) is 83.7 Å². The molecule has 0 N–H and O–H groups in total. The third-order valence-corrected chi connectivity index (χ3v) is 13.2. The van der Waals surface area contributed by atoms with Crippen LogP contribution in [0, 0.1) is 0 Å². The molecule has 5 heteroatoms. The van der Waals surface area contributed by atoms with Crippen LogP contribution in [-0.4, -0.2) is 6.85 Å². The second kappa shape index (κ2) is 12.8. The van der Waals surface area contributed by atoms with Crippen LogP contribution >= 0.6 is 0 Å². The van der Waals surface area contributed by atoms with E-state index in [4.69, 9.17) is 8.83 Å². The summed E-state index contributed by atoms with van der Waals surface area (Å²) in [6.45, 7) is 13.4. The second-order valence-electron chi connectivity index (χ2n) is 18.9. The molecule has 2 aliphatic rings. The summed E-state index contributed by atoms with van der Waals surface area (Å²) in [5, 5.41) is 5.71. The fourth-order valence-corrected chi connectivity index (χ4v) is 10.1. The summed E-state index contributed by atoms with van der Waals surface area (Å²) in [7, 11) is 0. The molecule has 0 unspecified atom stereocenters. The fourth-order valence-electron chi connectivity index (χ4n) is 10.1. The molecule has 0 atom stereocenters. The lowest BCUT2D eigenvalue weighted by atomic mass is 9.43. The molecular weight excluding hydrogens is 743 g/mol. The van der Waals surface area contributed by atoms with Crippen LogP contribution in [0.2, 0.25) is 0 Å². The van der Waals surface area contributed by atoms with Gasteiger partial charge < -0.3 is 13.6 Å². The van der Waals surface area contributed by atoms with Crippen molar-refractivity contribution in [1.82, 2.24) is 0 Å². The average Bonchev–Trinajstić information content (AvgIpc) is 3.85. The van der Waals surface area contributed by atoms with E-state index in [9.17, 15) is 0 Å². The molecule has 0 fully saturated rings. The largest absolute Gasteiger partial charge is 0.454 e. The highest BCUT2D eigenvalue weighted by atomic mass is 16.4. The normalized spacial score (nSPS) is 13.6. The van der Waals surface area contributed by atoms with E-state index in [1.165, 1.54) is 32.9 Å². The third-order valence-electron chi connectivity index (χ3n) is 13.2. The minimum Gasteiger partial charge on any atom is -0.454 e. The van der Waals surface area contributed by atoms with Crippen molar-refractivity contribution in [3.8, 4) is 22.3 Å². The Bertz CT molecular complexity index is 3400. The van der Waals surface area contributed by atoms with Gasteiger partial charge >= 0.3 is 6.85 Å². The Kier molecular flexibility index (Phi) is 7.52. The Balaban J connectivity index is 1.26. The molecule has 0 saturated carbocycles. The van der Waals surface area contributed by atoms with E-state index in [-0.39, 0.29) is 17.7 Å². The monoisotopic (exact) mass is 788 g/mol. The number of rotatable bonds is 3. The summed E-state index contributed by atoms with van der Waals surface area (Å²) in [6.07, 6.45) is 0. The zero-order chi connectivity index (χ0) is 41.4. The molecule has 4 heterocycles. The maximum absolute atomic E-state index is 7.26. The van der Waals surface area contributed by atoms with Gasteiger partial charge in [-0.05, 0) is 97.8 Å². The first-order chi connectivity index (χ1) is 29.5. The predicted molar refractivity (Wildman–Crippen MR) is 258 cm³/mol. The van der Waals surface area contributed by atoms with Crippen molar-refractivity contribution in [2.75, 3.05) is 9.71 Å². The number of furan rings is 2. The van der Waals surface area contributed by atoms with Crippen molar-refractivity contribution >= 4 is 90.1 Å².